The van der Waals surface area contributed by atoms with Gasteiger partial charge in [0.25, 0.3) is 0 Å². The van der Waals surface area contributed by atoms with Gasteiger partial charge in [-0.15, -0.1) is 0 Å². The largest absolute Gasteiger partial charge is 0.478 e. The topological polar surface area (TPSA) is 55.1 Å². The van der Waals surface area contributed by atoms with Crippen LogP contribution < -0.4 is 0 Å². The van der Waals surface area contributed by atoms with Gasteiger partial charge in [0, 0.05) is 20.1 Å². The Balaban J connectivity index is 1.80. The summed E-state index contributed by atoms with van der Waals surface area (Å²) in [7, 11) is 0. The highest BCUT2D eigenvalue weighted by atomic mass is 79.9. The fourth-order valence-electron chi connectivity index (χ4n) is 3.47. The van der Waals surface area contributed by atoms with Gasteiger partial charge in [-0.3, -0.25) is 4.68 Å². The standard InChI is InChI=1S/C24H17BrCl2N2O2/c1-14-8-15(2-7-21(14)24(30)31)13-29-23(16-3-5-18(25)6-4-16)12-22(28-29)17-9-19(26)11-20(27)10-17/h2-12H,13H2,1H3,(H,30,31). The fourth-order valence-corrected chi connectivity index (χ4v) is 4.26. The third-order valence-electron chi connectivity index (χ3n) is 4.93. The fraction of sp³-hybridized carbons (Fsp3) is 0.0833. The number of rotatable bonds is 5. The van der Waals surface area contributed by atoms with Crippen LogP contribution in [-0.4, -0.2) is 20.9 Å². The van der Waals surface area contributed by atoms with E-state index in [1.165, 1.54) is 0 Å². The van der Waals surface area contributed by atoms with Gasteiger partial charge in [-0.1, -0.05) is 63.4 Å². The van der Waals surface area contributed by atoms with Crippen molar-refractivity contribution in [2.75, 3.05) is 0 Å². The molecule has 3 aromatic carbocycles. The minimum atomic E-state index is -0.932. The van der Waals surface area contributed by atoms with Crippen LogP contribution in [0.4, 0.5) is 0 Å². The molecule has 4 nitrogen and oxygen atoms in total. The summed E-state index contributed by atoms with van der Waals surface area (Å²) in [6, 6.07) is 20.7. The maximum Gasteiger partial charge on any atom is 0.335 e. The lowest BCUT2D eigenvalue weighted by Gasteiger charge is -2.10. The second-order valence-corrected chi connectivity index (χ2v) is 8.98. The number of halogens is 3. The van der Waals surface area contributed by atoms with Crippen molar-refractivity contribution >= 4 is 45.1 Å². The number of hydrogen-bond donors (Lipinski definition) is 1. The van der Waals surface area contributed by atoms with Crippen molar-refractivity contribution in [1.82, 2.24) is 9.78 Å². The molecule has 0 aliphatic heterocycles. The lowest BCUT2D eigenvalue weighted by molar-refractivity contribution is 0.0696. The Bertz CT molecular complexity index is 1260. The van der Waals surface area contributed by atoms with E-state index in [2.05, 4.69) is 15.9 Å². The average molecular weight is 516 g/mol. The van der Waals surface area contributed by atoms with Gasteiger partial charge < -0.3 is 5.11 Å². The maximum atomic E-state index is 11.3. The maximum absolute atomic E-state index is 11.3. The molecule has 1 N–H and O–H groups in total. The molecule has 0 bridgehead atoms. The smallest absolute Gasteiger partial charge is 0.335 e. The van der Waals surface area contributed by atoms with Crippen LogP contribution in [0.15, 0.2) is 71.2 Å². The molecule has 0 aliphatic rings. The van der Waals surface area contributed by atoms with Crippen LogP contribution in [0.2, 0.25) is 10.0 Å². The molecular formula is C24H17BrCl2N2O2. The second kappa shape index (κ2) is 8.87. The number of aryl methyl sites for hydroxylation is 1. The van der Waals surface area contributed by atoms with Gasteiger partial charge in [0.2, 0.25) is 0 Å². The number of benzene rings is 3. The molecule has 0 spiro atoms. The monoisotopic (exact) mass is 514 g/mol. The molecule has 4 rings (SSSR count). The summed E-state index contributed by atoms with van der Waals surface area (Å²) >= 11 is 15.9. The molecule has 156 valence electrons. The number of carbonyl (C=O) groups is 1. The molecule has 0 fully saturated rings. The van der Waals surface area contributed by atoms with Crippen LogP contribution in [0.1, 0.15) is 21.5 Å². The third-order valence-corrected chi connectivity index (χ3v) is 5.90. The summed E-state index contributed by atoms with van der Waals surface area (Å²) in [6.07, 6.45) is 0. The molecule has 0 saturated carbocycles. The van der Waals surface area contributed by atoms with Crippen LogP contribution in [0.25, 0.3) is 22.5 Å². The highest BCUT2D eigenvalue weighted by Crippen LogP contribution is 2.31. The van der Waals surface area contributed by atoms with Crippen molar-refractivity contribution in [3.8, 4) is 22.5 Å². The molecule has 0 unspecified atom stereocenters. The SMILES string of the molecule is Cc1cc(Cn2nc(-c3cc(Cl)cc(Cl)c3)cc2-c2ccc(Br)cc2)ccc1C(=O)O. The number of hydrogen-bond acceptors (Lipinski definition) is 2. The Morgan fingerprint density at radius 1 is 0.968 bits per heavy atom. The molecule has 7 heteroatoms. The van der Waals surface area contributed by atoms with Gasteiger partial charge in [-0.05, 0) is 66.1 Å². The molecule has 0 radical (unpaired) electrons. The van der Waals surface area contributed by atoms with Crippen molar-refractivity contribution < 1.29 is 9.90 Å². The Hall–Kier alpha value is -2.60. The van der Waals surface area contributed by atoms with E-state index in [4.69, 9.17) is 28.3 Å². The summed E-state index contributed by atoms with van der Waals surface area (Å²) in [4.78, 5) is 11.3. The van der Waals surface area contributed by atoms with E-state index in [1.807, 2.05) is 59.3 Å². The van der Waals surface area contributed by atoms with Crippen molar-refractivity contribution in [3.05, 3.63) is 97.9 Å². The number of nitrogens with zero attached hydrogens (tertiary/aromatic N) is 2. The van der Waals surface area contributed by atoms with Crippen LogP contribution in [0.5, 0.6) is 0 Å². The predicted molar refractivity (Wildman–Crippen MR) is 128 cm³/mol. The van der Waals surface area contributed by atoms with Crippen molar-refractivity contribution in [2.45, 2.75) is 13.5 Å². The quantitative estimate of drug-likeness (QED) is 0.302. The number of carboxylic acids is 1. The minimum absolute atomic E-state index is 0.298. The van der Waals surface area contributed by atoms with Crippen LogP contribution in [0.3, 0.4) is 0 Å². The first-order valence-electron chi connectivity index (χ1n) is 9.43. The summed E-state index contributed by atoms with van der Waals surface area (Å²) < 4.78 is 2.90. The van der Waals surface area contributed by atoms with Gasteiger partial charge in [0.15, 0.2) is 0 Å². The molecule has 0 atom stereocenters. The first kappa shape index (κ1) is 21.6. The number of carboxylic acid groups (broad SMARTS) is 1. The summed E-state index contributed by atoms with van der Waals surface area (Å²) in [5, 5.41) is 15.2. The van der Waals surface area contributed by atoms with E-state index in [9.17, 15) is 9.90 Å². The Morgan fingerprint density at radius 3 is 2.26 bits per heavy atom. The van der Waals surface area contributed by atoms with Gasteiger partial charge in [-0.25, -0.2) is 4.79 Å². The Kier molecular flexibility index (Phi) is 6.19. The Labute approximate surface area is 198 Å². The molecule has 4 aromatic rings. The van der Waals surface area contributed by atoms with Crippen LogP contribution in [-0.2, 0) is 6.54 Å². The van der Waals surface area contributed by atoms with E-state index >= 15 is 0 Å². The molecular weight excluding hydrogens is 499 g/mol. The first-order chi connectivity index (χ1) is 14.8. The predicted octanol–water partition coefficient (Wildman–Crippen LogP) is 7.34. The molecule has 1 heterocycles. The molecule has 31 heavy (non-hydrogen) atoms. The lowest BCUT2D eigenvalue weighted by atomic mass is 10.0. The zero-order valence-electron chi connectivity index (χ0n) is 16.4. The third kappa shape index (κ3) is 4.85. The summed E-state index contributed by atoms with van der Waals surface area (Å²) in [6.45, 7) is 2.28. The van der Waals surface area contributed by atoms with E-state index in [1.54, 1.807) is 19.1 Å². The van der Waals surface area contributed by atoms with Crippen molar-refractivity contribution in [3.63, 3.8) is 0 Å². The highest BCUT2D eigenvalue weighted by Gasteiger charge is 2.14. The second-order valence-electron chi connectivity index (χ2n) is 7.19. The summed E-state index contributed by atoms with van der Waals surface area (Å²) in [5.41, 5.74) is 5.48. The van der Waals surface area contributed by atoms with Crippen molar-refractivity contribution in [1.29, 1.82) is 0 Å². The molecule has 0 amide bonds. The van der Waals surface area contributed by atoms with Crippen LogP contribution >= 0.6 is 39.1 Å². The number of aromatic carboxylic acids is 1. The number of aromatic nitrogens is 2. The lowest BCUT2D eigenvalue weighted by Crippen LogP contribution is -2.06. The molecule has 0 aliphatic carbocycles. The normalized spacial score (nSPS) is 11.0. The van der Waals surface area contributed by atoms with Gasteiger partial charge >= 0.3 is 5.97 Å². The van der Waals surface area contributed by atoms with E-state index in [0.717, 1.165) is 32.6 Å². The van der Waals surface area contributed by atoms with Gasteiger partial charge in [0.1, 0.15) is 0 Å². The molecule has 1 aromatic heterocycles. The molecule has 0 saturated heterocycles. The van der Waals surface area contributed by atoms with Gasteiger partial charge in [-0.2, -0.15) is 5.10 Å². The average Bonchev–Trinajstić information content (AvgIpc) is 3.11. The van der Waals surface area contributed by atoms with E-state index < -0.39 is 5.97 Å². The summed E-state index contributed by atoms with van der Waals surface area (Å²) in [5.74, 6) is -0.932. The van der Waals surface area contributed by atoms with Gasteiger partial charge in [0.05, 0.1) is 23.5 Å². The Morgan fingerprint density at radius 2 is 1.65 bits per heavy atom. The zero-order chi connectivity index (χ0) is 22.1. The minimum Gasteiger partial charge on any atom is -0.478 e. The van der Waals surface area contributed by atoms with E-state index in [-0.39, 0.29) is 0 Å². The zero-order valence-corrected chi connectivity index (χ0v) is 19.5. The highest BCUT2D eigenvalue weighted by molar-refractivity contribution is 9.10. The van der Waals surface area contributed by atoms with Crippen LogP contribution in [0, 0.1) is 6.92 Å². The van der Waals surface area contributed by atoms with E-state index in [0.29, 0.717) is 27.7 Å². The first-order valence-corrected chi connectivity index (χ1v) is 11.0. The van der Waals surface area contributed by atoms with Crippen molar-refractivity contribution in [2.24, 2.45) is 0 Å².